The van der Waals surface area contributed by atoms with Crippen molar-refractivity contribution in [1.82, 2.24) is 0 Å². The number of hydrogen-bond acceptors (Lipinski definition) is 5. The van der Waals surface area contributed by atoms with Gasteiger partial charge < -0.3 is 0 Å². The van der Waals surface area contributed by atoms with Crippen LogP contribution < -0.4 is 4.90 Å². The molecule has 3 aliphatic rings. The average molecular weight is 493 g/mol. The number of aryl methyl sites for hydroxylation is 1. The van der Waals surface area contributed by atoms with Crippen molar-refractivity contribution in [1.29, 1.82) is 0 Å². The highest BCUT2D eigenvalue weighted by Crippen LogP contribution is 2.73. The lowest BCUT2D eigenvalue weighted by Gasteiger charge is -2.35. The quantitative estimate of drug-likeness (QED) is 0.282. The minimum absolute atomic E-state index is 0.116. The van der Waals surface area contributed by atoms with Crippen molar-refractivity contribution in [2.45, 2.75) is 20.8 Å². The molecule has 2 fully saturated rings. The second-order valence-corrected chi connectivity index (χ2v) is 10.4. The summed E-state index contributed by atoms with van der Waals surface area (Å²) in [6.45, 7) is 5.24. The van der Waals surface area contributed by atoms with Crippen molar-refractivity contribution in [2.24, 2.45) is 22.7 Å². The maximum Gasteiger partial charge on any atom is 0.269 e. The molecule has 1 aliphatic heterocycles. The van der Waals surface area contributed by atoms with Gasteiger partial charge in [-0.05, 0) is 54.7 Å². The lowest BCUT2D eigenvalue weighted by atomic mass is 9.63. The number of allylic oxidation sites excluding steroid dienone is 2. The van der Waals surface area contributed by atoms with Crippen molar-refractivity contribution >= 4 is 40.1 Å². The minimum atomic E-state index is -1.21. The van der Waals surface area contributed by atoms with Crippen molar-refractivity contribution < 1.29 is 19.3 Å². The number of benzene rings is 3. The molecule has 0 N–H and O–H groups in total. The van der Waals surface area contributed by atoms with Crippen molar-refractivity contribution in [2.75, 3.05) is 4.90 Å². The van der Waals surface area contributed by atoms with Crippen LogP contribution in [-0.4, -0.2) is 22.5 Å². The Labute approximate surface area is 213 Å². The molecule has 2 amide bonds. The average Bonchev–Trinajstić information content (AvgIpc) is 3.34. The van der Waals surface area contributed by atoms with E-state index in [2.05, 4.69) is 0 Å². The van der Waals surface area contributed by atoms with E-state index in [1.807, 2.05) is 60.7 Å². The number of imide groups is 1. The maximum atomic E-state index is 14.3. The van der Waals surface area contributed by atoms with E-state index >= 15 is 0 Å². The van der Waals surface area contributed by atoms with Gasteiger partial charge in [0.25, 0.3) is 5.69 Å². The van der Waals surface area contributed by atoms with Gasteiger partial charge in [-0.1, -0.05) is 60.7 Å². The summed E-state index contributed by atoms with van der Waals surface area (Å²) in [5, 5.41) is 11.2. The summed E-state index contributed by atoms with van der Waals surface area (Å²) in [6, 6.07) is 23.3. The summed E-state index contributed by atoms with van der Waals surface area (Å²) in [4.78, 5) is 54.3. The Morgan fingerprint density at radius 2 is 1.22 bits per heavy atom. The zero-order valence-corrected chi connectivity index (χ0v) is 20.6. The van der Waals surface area contributed by atoms with Gasteiger partial charge in [0.2, 0.25) is 11.8 Å². The third-order valence-corrected chi connectivity index (χ3v) is 8.54. The summed E-state index contributed by atoms with van der Waals surface area (Å²) in [6.07, 6.45) is 0. The first-order chi connectivity index (χ1) is 17.6. The molecule has 2 aliphatic carbocycles. The number of rotatable bonds is 4. The molecule has 184 valence electrons. The Balaban J connectivity index is 1.58. The van der Waals surface area contributed by atoms with Crippen LogP contribution >= 0.6 is 0 Å². The number of nitro groups is 1. The number of anilines is 1. The number of carbonyl (C=O) groups excluding carboxylic acids is 3. The van der Waals surface area contributed by atoms with Crippen LogP contribution in [0.1, 0.15) is 30.5 Å². The zero-order valence-electron chi connectivity index (χ0n) is 20.6. The zero-order chi connectivity index (χ0) is 26.3. The van der Waals surface area contributed by atoms with Crippen molar-refractivity contribution in [3.63, 3.8) is 0 Å². The molecule has 1 heterocycles. The number of Topliss-reactive ketones (excluding diaryl/α,β-unsaturated/α-hetero) is 1. The molecule has 37 heavy (non-hydrogen) atoms. The lowest BCUT2D eigenvalue weighted by Crippen LogP contribution is -2.40. The molecular weight excluding hydrogens is 468 g/mol. The van der Waals surface area contributed by atoms with E-state index in [1.54, 1.807) is 20.8 Å². The molecule has 1 saturated heterocycles. The third-order valence-electron chi connectivity index (χ3n) is 8.54. The standard InChI is InChI=1S/C30H24N2O5/c1-17-16-20(32(36)37)14-15-21(17)31-26(33)24-25(27(31)34)30(3)23(19-12-8-5-9-13-19)22(29(24,2)28(30)35)18-10-6-4-7-11-18/h4-16,24-25H,1-3H3/t24-,25+,29-,30-/m0/s1. The van der Waals surface area contributed by atoms with Crippen LogP contribution in [0.25, 0.3) is 11.1 Å². The SMILES string of the molecule is Cc1cc([N+](=O)[O-])ccc1N1C(=O)[C@@H]2[C@H](C1=O)[C@@]1(C)C(=O)[C@@]2(C)C(c2ccccc2)=C1c1ccccc1. The first-order valence-corrected chi connectivity index (χ1v) is 12.2. The minimum Gasteiger partial charge on any atom is -0.298 e. The Hall–Kier alpha value is -4.39. The lowest BCUT2D eigenvalue weighted by molar-refractivity contribution is -0.384. The number of nitro benzene ring substituents is 1. The molecule has 7 nitrogen and oxygen atoms in total. The number of carbonyl (C=O) groups is 3. The van der Waals surface area contributed by atoms with Gasteiger partial charge in [0.15, 0.2) is 5.78 Å². The molecule has 0 spiro atoms. The molecule has 0 aromatic heterocycles. The number of fused-ring (bicyclic) bond motifs is 5. The predicted octanol–water partition coefficient (Wildman–Crippen LogP) is 5.23. The van der Waals surface area contributed by atoms with Gasteiger partial charge in [0.1, 0.15) is 0 Å². The molecule has 3 aromatic rings. The van der Waals surface area contributed by atoms with Gasteiger partial charge in [-0.25, -0.2) is 4.90 Å². The Bertz CT molecular complexity index is 1480. The van der Waals surface area contributed by atoms with E-state index in [9.17, 15) is 24.5 Å². The molecule has 0 unspecified atom stereocenters. The van der Waals surface area contributed by atoms with Gasteiger partial charge in [-0.15, -0.1) is 0 Å². The topological polar surface area (TPSA) is 97.6 Å². The summed E-state index contributed by atoms with van der Waals surface area (Å²) in [7, 11) is 0. The fraction of sp³-hybridized carbons (Fsp3) is 0.233. The summed E-state index contributed by atoms with van der Waals surface area (Å²) < 4.78 is 0. The molecule has 1 saturated carbocycles. The number of ketones is 1. The van der Waals surface area contributed by atoms with Crippen LogP contribution in [0.5, 0.6) is 0 Å². The van der Waals surface area contributed by atoms with Gasteiger partial charge >= 0.3 is 0 Å². The van der Waals surface area contributed by atoms with E-state index in [1.165, 1.54) is 18.2 Å². The Morgan fingerprint density at radius 1 is 0.757 bits per heavy atom. The van der Waals surface area contributed by atoms with E-state index in [4.69, 9.17) is 0 Å². The molecule has 7 heteroatoms. The normalized spacial score (nSPS) is 28.3. The number of hydrogen-bond donors (Lipinski definition) is 0. The number of amides is 2. The first-order valence-electron chi connectivity index (χ1n) is 12.2. The van der Waals surface area contributed by atoms with Crippen LogP contribution in [0.3, 0.4) is 0 Å². The highest BCUT2D eigenvalue weighted by molar-refractivity contribution is 6.34. The summed E-state index contributed by atoms with van der Waals surface area (Å²) in [5.41, 5.74) is 1.52. The Kier molecular flexibility index (Phi) is 4.70. The molecule has 0 radical (unpaired) electrons. The van der Waals surface area contributed by atoms with Crippen LogP contribution in [0, 0.1) is 39.7 Å². The number of non-ortho nitro benzene ring substituents is 1. The second-order valence-electron chi connectivity index (χ2n) is 10.4. The van der Waals surface area contributed by atoms with Crippen LogP contribution in [0.15, 0.2) is 78.9 Å². The van der Waals surface area contributed by atoms with Crippen LogP contribution in [0.4, 0.5) is 11.4 Å². The fourth-order valence-corrected chi connectivity index (χ4v) is 7.05. The van der Waals surface area contributed by atoms with E-state index in [0.717, 1.165) is 27.2 Å². The van der Waals surface area contributed by atoms with Gasteiger partial charge in [-0.2, -0.15) is 0 Å². The largest absolute Gasteiger partial charge is 0.298 e. The Morgan fingerprint density at radius 3 is 1.62 bits per heavy atom. The highest BCUT2D eigenvalue weighted by atomic mass is 16.6. The van der Waals surface area contributed by atoms with Crippen molar-refractivity contribution in [3.8, 4) is 0 Å². The van der Waals surface area contributed by atoms with E-state index in [0.29, 0.717) is 11.3 Å². The third kappa shape index (κ3) is 2.74. The van der Waals surface area contributed by atoms with Gasteiger partial charge in [0.05, 0.1) is 33.3 Å². The van der Waals surface area contributed by atoms with Crippen molar-refractivity contribution in [3.05, 3.63) is 106 Å². The maximum absolute atomic E-state index is 14.3. The molecule has 2 bridgehead atoms. The van der Waals surface area contributed by atoms with Crippen LogP contribution in [0.2, 0.25) is 0 Å². The smallest absolute Gasteiger partial charge is 0.269 e. The predicted molar refractivity (Wildman–Crippen MR) is 138 cm³/mol. The molecule has 6 rings (SSSR count). The summed E-state index contributed by atoms with van der Waals surface area (Å²) in [5.74, 6) is -2.72. The monoisotopic (exact) mass is 492 g/mol. The highest BCUT2D eigenvalue weighted by Gasteiger charge is 2.79. The van der Waals surface area contributed by atoms with Crippen LogP contribution in [-0.2, 0) is 14.4 Å². The van der Waals surface area contributed by atoms with Gasteiger partial charge in [0, 0.05) is 12.1 Å². The summed E-state index contributed by atoms with van der Waals surface area (Å²) >= 11 is 0. The van der Waals surface area contributed by atoms with E-state index < -0.39 is 39.4 Å². The van der Waals surface area contributed by atoms with Gasteiger partial charge in [-0.3, -0.25) is 24.5 Å². The first kappa shape index (κ1) is 23.0. The fourth-order valence-electron chi connectivity index (χ4n) is 7.05. The number of nitrogens with zero attached hydrogens (tertiary/aromatic N) is 2. The molecular formula is C30H24N2O5. The molecule has 4 atom stereocenters. The van der Waals surface area contributed by atoms with E-state index in [-0.39, 0.29) is 11.5 Å². The second kappa shape index (κ2) is 7.56. The molecule has 3 aromatic carbocycles.